The predicted octanol–water partition coefficient (Wildman–Crippen LogP) is 2.76. The number of rotatable bonds is 6. The zero-order chi connectivity index (χ0) is 14.8. The number of aryl methyl sites for hydroxylation is 1. The van der Waals surface area contributed by atoms with Gasteiger partial charge in [0.05, 0.1) is 0 Å². The molecular formula is C14H24N2O2S2. The molecule has 0 radical (unpaired) electrons. The standard InChI is InChI=1S/C14H24N2O2S2/c1-3-14(6-4-5-7-14)10-16-20(17,18)13-8-11(2)12(9-15)19-13/h8,16H,3-7,9-10,15H2,1-2H3. The van der Waals surface area contributed by atoms with Crippen molar-refractivity contribution in [3.63, 3.8) is 0 Å². The summed E-state index contributed by atoms with van der Waals surface area (Å²) in [5.74, 6) is 0. The van der Waals surface area contributed by atoms with Crippen LogP contribution in [0, 0.1) is 12.3 Å². The van der Waals surface area contributed by atoms with Gasteiger partial charge in [0.2, 0.25) is 10.0 Å². The van der Waals surface area contributed by atoms with Crippen LogP contribution in [0.15, 0.2) is 10.3 Å². The summed E-state index contributed by atoms with van der Waals surface area (Å²) in [6, 6.07) is 1.72. The molecule has 20 heavy (non-hydrogen) atoms. The van der Waals surface area contributed by atoms with Crippen LogP contribution in [0.3, 0.4) is 0 Å². The van der Waals surface area contributed by atoms with Crippen molar-refractivity contribution >= 4 is 21.4 Å². The summed E-state index contributed by atoms with van der Waals surface area (Å²) in [6.07, 6.45) is 5.72. The van der Waals surface area contributed by atoms with Gasteiger partial charge in [-0.1, -0.05) is 19.8 Å². The van der Waals surface area contributed by atoms with E-state index >= 15 is 0 Å². The Balaban J connectivity index is 2.10. The second-order valence-corrected chi connectivity index (χ2v) is 8.89. The third-order valence-electron chi connectivity index (χ3n) is 4.50. The minimum atomic E-state index is -3.39. The number of hydrogen-bond acceptors (Lipinski definition) is 4. The van der Waals surface area contributed by atoms with E-state index in [-0.39, 0.29) is 5.41 Å². The highest BCUT2D eigenvalue weighted by Gasteiger charge is 2.33. The fourth-order valence-electron chi connectivity index (χ4n) is 2.92. The lowest BCUT2D eigenvalue weighted by atomic mass is 9.84. The Hall–Kier alpha value is -0.430. The van der Waals surface area contributed by atoms with Gasteiger partial charge in [0.15, 0.2) is 0 Å². The minimum Gasteiger partial charge on any atom is -0.326 e. The number of hydrogen-bond donors (Lipinski definition) is 2. The smallest absolute Gasteiger partial charge is 0.250 e. The Labute approximate surface area is 125 Å². The van der Waals surface area contributed by atoms with Crippen molar-refractivity contribution in [2.75, 3.05) is 6.54 Å². The first-order valence-electron chi connectivity index (χ1n) is 7.21. The fraction of sp³-hybridized carbons (Fsp3) is 0.714. The Kier molecular flexibility index (Phi) is 4.89. The largest absolute Gasteiger partial charge is 0.326 e. The van der Waals surface area contributed by atoms with Crippen LogP contribution in [0.25, 0.3) is 0 Å². The maximum atomic E-state index is 12.4. The Morgan fingerprint density at radius 3 is 2.55 bits per heavy atom. The van der Waals surface area contributed by atoms with Gasteiger partial charge in [-0.15, -0.1) is 11.3 Å². The number of nitrogens with two attached hydrogens (primary N) is 1. The quantitative estimate of drug-likeness (QED) is 0.847. The maximum absolute atomic E-state index is 12.4. The molecule has 0 unspecified atom stereocenters. The van der Waals surface area contributed by atoms with Gasteiger partial charge in [0.1, 0.15) is 4.21 Å². The first-order chi connectivity index (χ1) is 9.42. The Bertz CT molecular complexity index is 558. The van der Waals surface area contributed by atoms with E-state index in [2.05, 4.69) is 11.6 Å². The molecule has 0 aliphatic heterocycles. The van der Waals surface area contributed by atoms with Gasteiger partial charge >= 0.3 is 0 Å². The van der Waals surface area contributed by atoms with E-state index < -0.39 is 10.0 Å². The van der Waals surface area contributed by atoms with Crippen LogP contribution in [0.2, 0.25) is 0 Å². The predicted molar refractivity (Wildman–Crippen MR) is 83.3 cm³/mol. The van der Waals surface area contributed by atoms with E-state index in [0.29, 0.717) is 17.3 Å². The van der Waals surface area contributed by atoms with Crippen molar-refractivity contribution in [3.8, 4) is 0 Å². The average molecular weight is 316 g/mol. The molecule has 1 heterocycles. The fourth-order valence-corrected chi connectivity index (χ4v) is 5.59. The molecule has 0 amide bonds. The minimum absolute atomic E-state index is 0.163. The zero-order valence-electron chi connectivity index (χ0n) is 12.2. The summed E-state index contributed by atoms with van der Waals surface area (Å²) < 4.78 is 28.0. The van der Waals surface area contributed by atoms with E-state index in [9.17, 15) is 8.42 Å². The van der Waals surface area contributed by atoms with Crippen molar-refractivity contribution < 1.29 is 8.42 Å². The van der Waals surface area contributed by atoms with Crippen LogP contribution in [-0.4, -0.2) is 15.0 Å². The lowest BCUT2D eigenvalue weighted by Gasteiger charge is -2.27. The molecular weight excluding hydrogens is 292 g/mol. The summed E-state index contributed by atoms with van der Waals surface area (Å²) in [5.41, 5.74) is 6.74. The lowest BCUT2D eigenvalue weighted by Crippen LogP contribution is -2.35. The highest BCUT2D eigenvalue weighted by molar-refractivity contribution is 7.91. The molecule has 114 valence electrons. The Morgan fingerprint density at radius 2 is 2.05 bits per heavy atom. The second kappa shape index (κ2) is 6.13. The van der Waals surface area contributed by atoms with Crippen LogP contribution in [0.5, 0.6) is 0 Å². The molecule has 1 aromatic rings. The van der Waals surface area contributed by atoms with E-state index in [4.69, 9.17) is 5.73 Å². The molecule has 4 nitrogen and oxygen atoms in total. The topological polar surface area (TPSA) is 72.2 Å². The molecule has 1 aliphatic carbocycles. The molecule has 6 heteroatoms. The molecule has 2 rings (SSSR count). The SMILES string of the molecule is CCC1(CNS(=O)(=O)c2cc(C)c(CN)s2)CCCC1. The second-order valence-electron chi connectivity index (χ2n) is 5.76. The van der Waals surface area contributed by atoms with E-state index in [1.54, 1.807) is 6.07 Å². The summed E-state index contributed by atoms with van der Waals surface area (Å²) in [6.45, 7) is 5.01. The molecule has 0 atom stereocenters. The Morgan fingerprint density at radius 1 is 1.40 bits per heavy atom. The number of nitrogens with one attached hydrogen (secondary N) is 1. The zero-order valence-corrected chi connectivity index (χ0v) is 13.9. The summed E-state index contributed by atoms with van der Waals surface area (Å²) >= 11 is 1.28. The molecule has 0 spiro atoms. The van der Waals surface area contributed by atoms with Crippen LogP contribution >= 0.6 is 11.3 Å². The van der Waals surface area contributed by atoms with Gasteiger partial charge < -0.3 is 5.73 Å². The molecule has 1 aliphatic rings. The third kappa shape index (κ3) is 3.24. The van der Waals surface area contributed by atoms with Crippen LogP contribution in [0.4, 0.5) is 0 Å². The van der Waals surface area contributed by atoms with Crippen molar-refractivity contribution in [1.82, 2.24) is 4.72 Å². The normalized spacial score (nSPS) is 18.6. The van der Waals surface area contributed by atoms with Gasteiger partial charge in [-0.05, 0) is 43.2 Å². The van der Waals surface area contributed by atoms with Gasteiger partial charge in [-0.2, -0.15) is 0 Å². The molecule has 1 fully saturated rings. The van der Waals surface area contributed by atoms with Crippen LogP contribution < -0.4 is 10.5 Å². The third-order valence-corrected chi connectivity index (χ3v) is 7.63. The van der Waals surface area contributed by atoms with E-state index in [1.165, 1.54) is 24.2 Å². The molecule has 1 saturated carbocycles. The molecule has 0 bridgehead atoms. The molecule has 0 saturated heterocycles. The van der Waals surface area contributed by atoms with Gasteiger partial charge in [0.25, 0.3) is 0 Å². The van der Waals surface area contributed by atoms with Crippen molar-refractivity contribution in [2.45, 2.75) is 56.7 Å². The van der Waals surface area contributed by atoms with E-state index in [0.717, 1.165) is 29.7 Å². The highest BCUT2D eigenvalue weighted by atomic mass is 32.2. The van der Waals surface area contributed by atoms with Gasteiger partial charge in [-0.25, -0.2) is 13.1 Å². The number of thiophene rings is 1. The summed E-state index contributed by atoms with van der Waals surface area (Å²) in [4.78, 5) is 0.941. The summed E-state index contributed by atoms with van der Waals surface area (Å²) in [7, 11) is -3.39. The van der Waals surface area contributed by atoms with Crippen molar-refractivity contribution in [3.05, 3.63) is 16.5 Å². The van der Waals surface area contributed by atoms with Crippen molar-refractivity contribution in [1.29, 1.82) is 0 Å². The van der Waals surface area contributed by atoms with E-state index in [1.807, 2.05) is 6.92 Å². The monoisotopic (exact) mass is 316 g/mol. The highest BCUT2D eigenvalue weighted by Crippen LogP contribution is 2.40. The van der Waals surface area contributed by atoms with Crippen molar-refractivity contribution in [2.24, 2.45) is 11.1 Å². The van der Waals surface area contributed by atoms with Gasteiger partial charge in [0, 0.05) is 18.0 Å². The maximum Gasteiger partial charge on any atom is 0.250 e. The lowest BCUT2D eigenvalue weighted by molar-refractivity contribution is 0.286. The first-order valence-corrected chi connectivity index (χ1v) is 9.51. The average Bonchev–Trinajstić information content (AvgIpc) is 3.04. The van der Waals surface area contributed by atoms with Gasteiger partial charge in [-0.3, -0.25) is 0 Å². The number of sulfonamides is 1. The molecule has 1 aromatic heterocycles. The van der Waals surface area contributed by atoms with Crippen LogP contribution in [0.1, 0.15) is 49.5 Å². The van der Waals surface area contributed by atoms with Crippen LogP contribution in [-0.2, 0) is 16.6 Å². The summed E-state index contributed by atoms with van der Waals surface area (Å²) in [5, 5.41) is 0. The first kappa shape index (κ1) is 15.9. The molecule has 0 aromatic carbocycles. The molecule has 3 N–H and O–H groups in total.